The highest BCUT2D eigenvalue weighted by molar-refractivity contribution is 7.99. The first-order chi connectivity index (χ1) is 11.1. The summed E-state index contributed by atoms with van der Waals surface area (Å²) in [6.45, 7) is 1.95. The molecule has 5 nitrogen and oxygen atoms in total. The van der Waals surface area contributed by atoms with Crippen LogP contribution in [0.5, 0.6) is 0 Å². The lowest BCUT2D eigenvalue weighted by Gasteiger charge is -2.11. The molecule has 3 heterocycles. The molecule has 0 saturated heterocycles. The molecule has 1 aromatic carbocycles. The number of carbonyl (C=O) groups is 1. The lowest BCUT2D eigenvalue weighted by molar-refractivity contribution is 0.102. The highest BCUT2D eigenvalue weighted by Gasteiger charge is 2.23. The minimum atomic E-state index is -0.111. The van der Waals surface area contributed by atoms with Crippen molar-refractivity contribution >= 4 is 34.4 Å². The van der Waals surface area contributed by atoms with E-state index >= 15 is 0 Å². The summed E-state index contributed by atoms with van der Waals surface area (Å²) in [7, 11) is 0. The third-order valence-corrected chi connectivity index (χ3v) is 5.32. The van der Waals surface area contributed by atoms with Crippen LogP contribution in [0.3, 0.4) is 0 Å². The molecule has 4 N–H and O–H groups in total. The van der Waals surface area contributed by atoms with Gasteiger partial charge in [0, 0.05) is 40.0 Å². The number of nitrogens with zero attached hydrogens (tertiary/aromatic N) is 1. The smallest absolute Gasteiger partial charge is 0.255 e. The molecule has 1 aliphatic rings. The summed E-state index contributed by atoms with van der Waals surface area (Å²) in [6, 6.07) is 7.76. The van der Waals surface area contributed by atoms with Crippen molar-refractivity contribution in [3.05, 3.63) is 53.3 Å². The Labute approximate surface area is 137 Å². The summed E-state index contributed by atoms with van der Waals surface area (Å²) in [6.07, 6.45) is 3.49. The van der Waals surface area contributed by atoms with Gasteiger partial charge in [0.05, 0.1) is 5.69 Å². The fourth-order valence-electron chi connectivity index (χ4n) is 2.90. The summed E-state index contributed by atoms with van der Waals surface area (Å²) < 4.78 is 0. The zero-order valence-corrected chi connectivity index (χ0v) is 13.4. The van der Waals surface area contributed by atoms with E-state index in [1.807, 2.05) is 31.3 Å². The molecule has 0 fully saturated rings. The van der Waals surface area contributed by atoms with E-state index in [0.717, 1.165) is 38.5 Å². The summed E-state index contributed by atoms with van der Waals surface area (Å²) in [5.41, 5.74) is 10.4. The average molecular weight is 324 g/mol. The molecule has 116 valence electrons. The van der Waals surface area contributed by atoms with Crippen molar-refractivity contribution in [1.29, 1.82) is 0 Å². The second-order valence-corrected chi connectivity index (χ2v) is 6.74. The van der Waals surface area contributed by atoms with Crippen molar-refractivity contribution < 1.29 is 4.79 Å². The van der Waals surface area contributed by atoms with Crippen molar-refractivity contribution in [3.8, 4) is 0 Å². The maximum atomic E-state index is 12.7. The molecule has 23 heavy (non-hydrogen) atoms. The topological polar surface area (TPSA) is 83.8 Å². The number of nitrogens with two attached hydrogens (primary N) is 1. The van der Waals surface area contributed by atoms with Gasteiger partial charge in [0.25, 0.3) is 5.91 Å². The first-order valence-electron chi connectivity index (χ1n) is 7.40. The van der Waals surface area contributed by atoms with Gasteiger partial charge in [-0.3, -0.25) is 4.79 Å². The van der Waals surface area contributed by atoms with Gasteiger partial charge in [-0.1, -0.05) is 6.07 Å². The Morgan fingerprint density at radius 1 is 1.43 bits per heavy atom. The molecule has 3 aromatic rings. The predicted octanol–water partition coefficient (Wildman–Crippen LogP) is 3.23. The molecule has 0 bridgehead atoms. The summed E-state index contributed by atoms with van der Waals surface area (Å²) in [4.78, 5) is 21.1. The van der Waals surface area contributed by atoms with E-state index in [2.05, 4.69) is 15.3 Å². The quantitative estimate of drug-likeness (QED) is 0.676. The highest BCUT2D eigenvalue weighted by Crippen LogP contribution is 2.38. The van der Waals surface area contributed by atoms with Crippen molar-refractivity contribution in [2.24, 2.45) is 5.73 Å². The number of aromatic nitrogens is 2. The predicted molar refractivity (Wildman–Crippen MR) is 92.9 cm³/mol. The lowest BCUT2D eigenvalue weighted by atomic mass is 10.0. The minimum absolute atomic E-state index is 0.0606. The van der Waals surface area contributed by atoms with Crippen molar-refractivity contribution in [1.82, 2.24) is 9.97 Å². The number of carbonyl (C=O) groups excluding carboxylic acids is 1. The Kier molecular flexibility index (Phi) is 3.36. The molecular weight excluding hydrogens is 308 g/mol. The van der Waals surface area contributed by atoms with E-state index in [1.165, 1.54) is 0 Å². The second-order valence-electron chi connectivity index (χ2n) is 5.68. The summed E-state index contributed by atoms with van der Waals surface area (Å²) in [5, 5.41) is 3.89. The molecule has 0 unspecified atom stereocenters. The standard InChI is InChI=1S/C17H16N4OS/c1-9-6-12-13(18)8-23-15(12)7-11(9)17(22)21-14-3-5-20-16-10(14)2-4-19-16/h2-7,13H,8,18H2,1H3,(H2,19,20,21,22)/t13-/m0/s1. The third-order valence-electron chi connectivity index (χ3n) is 4.13. The fourth-order valence-corrected chi connectivity index (χ4v) is 4.02. The number of aromatic amines is 1. The first-order valence-corrected chi connectivity index (χ1v) is 8.38. The fraction of sp³-hybridized carbons (Fsp3) is 0.176. The molecule has 0 aliphatic carbocycles. The van der Waals surface area contributed by atoms with Crippen LogP contribution in [-0.2, 0) is 0 Å². The molecule has 1 aliphatic heterocycles. The van der Waals surface area contributed by atoms with Crippen LogP contribution in [0, 0.1) is 6.92 Å². The van der Waals surface area contributed by atoms with Gasteiger partial charge < -0.3 is 16.0 Å². The number of nitrogens with one attached hydrogen (secondary N) is 2. The molecule has 0 spiro atoms. The number of benzene rings is 1. The Morgan fingerprint density at radius 3 is 3.17 bits per heavy atom. The monoisotopic (exact) mass is 324 g/mol. The van der Waals surface area contributed by atoms with Crippen molar-refractivity contribution in [3.63, 3.8) is 0 Å². The number of amides is 1. The van der Waals surface area contributed by atoms with Gasteiger partial charge in [0.1, 0.15) is 5.65 Å². The van der Waals surface area contributed by atoms with Crippen LogP contribution in [0.15, 0.2) is 41.6 Å². The number of fused-ring (bicyclic) bond motifs is 2. The van der Waals surface area contributed by atoms with Crippen LogP contribution < -0.4 is 11.1 Å². The van der Waals surface area contributed by atoms with Crippen LogP contribution >= 0.6 is 11.8 Å². The normalized spacial score (nSPS) is 16.5. The van der Waals surface area contributed by atoms with E-state index in [9.17, 15) is 4.79 Å². The van der Waals surface area contributed by atoms with Gasteiger partial charge in [-0.2, -0.15) is 0 Å². The number of aryl methyl sites for hydroxylation is 1. The number of anilines is 1. The number of pyridine rings is 1. The van der Waals surface area contributed by atoms with E-state index in [-0.39, 0.29) is 11.9 Å². The highest BCUT2D eigenvalue weighted by atomic mass is 32.2. The number of H-pyrrole nitrogens is 1. The zero-order valence-electron chi connectivity index (χ0n) is 12.6. The van der Waals surface area contributed by atoms with Gasteiger partial charge in [0.2, 0.25) is 0 Å². The number of rotatable bonds is 2. The van der Waals surface area contributed by atoms with E-state index < -0.39 is 0 Å². The van der Waals surface area contributed by atoms with Gasteiger partial charge in [0.15, 0.2) is 0 Å². The average Bonchev–Trinajstić information content (AvgIpc) is 3.14. The van der Waals surface area contributed by atoms with Crippen LogP contribution in [0.1, 0.15) is 27.5 Å². The largest absolute Gasteiger partial charge is 0.346 e. The van der Waals surface area contributed by atoms with Crippen LogP contribution in [0.25, 0.3) is 11.0 Å². The molecular formula is C17H16N4OS. The van der Waals surface area contributed by atoms with Gasteiger partial charge in [-0.25, -0.2) is 4.98 Å². The first kappa shape index (κ1) is 14.3. The Morgan fingerprint density at radius 2 is 2.30 bits per heavy atom. The maximum absolute atomic E-state index is 12.7. The number of thioether (sulfide) groups is 1. The zero-order chi connectivity index (χ0) is 16.0. The molecule has 1 atom stereocenters. The third kappa shape index (κ3) is 2.40. The number of hydrogen-bond donors (Lipinski definition) is 3. The Bertz CT molecular complexity index is 918. The SMILES string of the molecule is Cc1cc2c(cc1C(=O)Nc1ccnc3[nH]ccc13)SC[C@@H]2N. The summed E-state index contributed by atoms with van der Waals surface area (Å²) >= 11 is 1.71. The molecule has 6 heteroatoms. The summed E-state index contributed by atoms with van der Waals surface area (Å²) in [5.74, 6) is 0.758. The van der Waals surface area contributed by atoms with Crippen molar-refractivity contribution in [2.75, 3.05) is 11.1 Å². The molecule has 2 aromatic heterocycles. The van der Waals surface area contributed by atoms with Crippen LogP contribution in [0.2, 0.25) is 0 Å². The molecule has 0 saturated carbocycles. The second kappa shape index (κ2) is 5.40. The molecule has 1 amide bonds. The maximum Gasteiger partial charge on any atom is 0.255 e. The van der Waals surface area contributed by atoms with Gasteiger partial charge in [-0.15, -0.1) is 11.8 Å². The lowest BCUT2D eigenvalue weighted by Crippen LogP contribution is -2.15. The molecule has 4 rings (SSSR count). The Hall–Kier alpha value is -2.31. The van der Waals surface area contributed by atoms with E-state index in [0.29, 0.717) is 5.56 Å². The van der Waals surface area contributed by atoms with Gasteiger partial charge >= 0.3 is 0 Å². The van der Waals surface area contributed by atoms with Crippen LogP contribution in [0.4, 0.5) is 5.69 Å². The van der Waals surface area contributed by atoms with E-state index in [1.54, 1.807) is 24.0 Å². The Balaban J connectivity index is 1.69. The minimum Gasteiger partial charge on any atom is -0.346 e. The number of hydrogen-bond acceptors (Lipinski definition) is 4. The van der Waals surface area contributed by atoms with Crippen molar-refractivity contribution in [2.45, 2.75) is 17.9 Å². The van der Waals surface area contributed by atoms with Gasteiger partial charge in [-0.05, 0) is 36.2 Å². The van der Waals surface area contributed by atoms with Crippen LogP contribution in [-0.4, -0.2) is 21.6 Å². The molecule has 0 radical (unpaired) electrons. The van der Waals surface area contributed by atoms with E-state index in [4.69, 9.17) is 5.73 Å².